The number of piperazine rings is 1. The van der Waals surface area contributed by atoms with Crippen molar-refractivity contribution in [1.82, 2.24) is 15.1 Å². The summed E-state index contributed by atoms with van der Waals surface area (Å²) in [5.74, 6) is 0.810. The Hall–Kier alpha value is -0.980. The van der Waals surface area contributed by atoms with Crippen LogP contribution < -0.4 is 5.32 Å². The Bertz CT molecular complexity index is 398. The van der Waals surface area contributed by atoms with Gasteiger partial charge in [-0.2, -0.15) is 13.2 Å². The van der Waals surface area contributed by atoms with Crippen LogP contribution in [0.2, 0.25) is 0 Å². The first-order valence-electron chi connectivity index (χ1n) is 7.44. The van der Waals surface area contributed by atoms with Crippen molar-refractivity contribution in [1.29, 1.82) is 0 Å². The molecular weight excluding hydrogens is 281 g/mol. The Morgan fingerprint density at radius 3 is 2.14 bits per heavy atom. The first-order chi connectivity index (χ1) is 9.65. The summed E-state index contributed by atoms with van der Waals surface area (Å²) >= 11 is 0. The molecule has 0 bridgehead atoms. The topological polar surface area (TPSA) is 30.9 Å². The van der Waals surface area contributed by atoms with Crippen molar-refractivity contribution in [2.45, 2.75) is 45.5 Å². The molecule has 1 aliphatic heterocycles. The van der Waals surface area contributed by atoms with Gasteiger partial charge in [-0.3, -0.25) is 9.89 Å². The highest BCUT2D eigenvalue weighted by Crippen LogP contribution is 2.44. The van der Waals surface area contributed by atoms with Crippen molar-refractivity contribution < 1.29 is 13.2 Å². The Balaban J connectivity index is 1.85. The van der Waals surface area contributed by atoms with Crippen molar-refractivity contribution in [3.05, 3.63) is 0 Å². The molecule has 1 saturated heterocycles. The lowest BCUT2D eigenvalue weighted by Crippen LogP contribution is -2.57. The average Bonchev–Trinajstić information content (AvgIpc) is 3.01. The zero-order valence-electron chi connectivity index (χ0n) is 13.2. The number of aliphatic imine (C=N–C) groups is 1. The van der Waals surface area contributed by atoms with Gasteiger partial charge >= 0.3 is 6.18 Å². The summed E-state index contributed by atoms with van der Waals surface area (Å²) in [5, 5.41) is 3.41. The maximum atomic E-state index is 12.7. The third-order valence-corrected chi connectivity index (χ3v) is 4.66. The van der Waals surface area contributed by atoms with E-state index in [0.717, 1.165) is 12.4 Å². The number of rotatable bonds is 2. The Labute approximate surface area is 124 Å². The molecule has 0 radical (unpaired) electrons. The van der Waals surface area contributed by atoms with Gasteiger partial charge in [0.05, 0.1) is 0 Å². The highest BCUT2D eigenvalue weighted by atomic mass is 19.4. The number of halogens is 3. The van der Waals surface area contributed by atoms with E-state index in [2.05, 4.69) is 24.2 Å². The molecule has 4 nitrogen and oxygen atoms in total. The van der Waals surface area contributed by atoms with Crippen LogP contribution in [0.3, 0.4) is 0 Å². The Kier molecular flexibility index (Phi) is 4.42. The van der Waals surface area contributed by atoms with Crippen LogP contribution in [-0.2, 0) is 0 Å². The second-order valence-corrected chi connectivity index (χ2v) is 6.68. The first kappa shape index (κ1) is 16.4. The fourth-order valence-electron chi connectivity index (χ4n) is 2.69. The van der Waals surface area contributed by atoms with Gasteiger partial charge < -0.3 is 10.2 Å². The summed E-state index contributed by atoms with van der Waals surface area (Å²) in [6.07, 6.45) is -3.04. The molecule has 2 atom stereocenters. The minimum Gasteiger partial charge on any atom is -0.353 e. The van der Waals surface area contributed by atoms with E-state index in [4.69, 9.17) is 0 Å². The van der Waals surface area contributed by atoms with Crippen LogP contribution in [0.4, 0.5) is 13.2 Å². The summed E-state index contributed by atoms with van der Waals surface area (Å²) in [6, 6.07) is -0.958. The van der Waals surface area contributed by atoms with E-state index >= 15 is 0 Å². The van der Waals surface area contributed by atoms with E-state index in [0.29, 0.717) is 37.6 Å². The number of hydrogen-bond donors (Lipinski definition) is 1. The number of hydrogen-bond acceptors (Lipinski definition) is 2. The summed E-state index contributed by atoms with van der Waals surface area (Å²) in [4.78, 5) is 7.81. The molecule has 2 aliphatic rings. The molecule has 122 valence electrons. The molecule has 1 heterocycles. The molecule has 1 N–H and O–H groups in total. The van der Waals surface area contributed by atoms with Crippen molar-refractivity contribution in [3.63, 3.8) is 0 Å². The highest BCUT2D eigenvalue weighted by Gasteiger charge is 2.47. The SMILES string of the molecule is CN=C(NC1CC1(C)C)N1CCN(C(C)C(F)(F)F)CC1. The van der Waals surface area contributed by atoms with Gasteiger partial charge in [-0.05, 0) is 18.8 Å². The van der Waals surface area contributed by atoms with Crippen molar-refractivity contribution in [2.24, 2.45) is 10.4 Å². The van der Waals surface area contributed by atoms with Gasteiger partial charge in [0.1, 0.15) is 6.04 Å². The van der Waals surface area contributed by atoms with E-state index in [1.807, 2.05) is 4.90 Å². The number of nitrogens with one attached hydrogen (secondary N) is 1. The van der Waals surface area contributed by atoms with Crippen LogP contribution in [0, 0.1) is 5.41 Å². The van der Waals surface area contributed by atoms with Gasteiger partial charge in [-0.1, -0.05) is 13.8 Å². The van der Waals surface area contributed by atoms with Gasteiger partial charge in [-0.15, -0.1) is 0 Å². The van der Waals surface area contributed by atoms with E-state index in [9.17, 15) is 13.2 Å². The fraction of sp³-hybridized carbons (Fsp3) is 0.929. The predicted molar refractivity (Wildman–Crippen MR) is 77.3 cm³/mol. The number of guanidine groups is 1. The lowest BCUT2D eigenvalue weighted by Gasteiger charge is -2.39. The molecule has 2 fully saturated rings. The molecule has 0 spiro atoms. The van der Waals surface area contributed by atoms with E-state index < -0.39 is 12.2 Å². The van der Waals surface area contributed by atoms with Gasteiger partial charge in [0, 0.05) is 39.3 Å². The highest BCUT2D eigenvalue weighted by molar-refractivity contribution is 5.80. The minimum atomic E-state index is -4.15. The zero-order chi connectivity index (χ0) is 15.8. The number of alkyl halides is 3. The predicted octanol–water partition coefficient (Wildman–Crippen LogP) is 1.93. The third kappa shape index (κ3) is 3.81. The van der Waals surface area contributed by atoms with Crippen LogP contribution >= 0.6 is 0 Å². The molecule has 2 rings (SSSR count). The molecule has 1 saturated carbocycles. The maximum Gasteiger partial charge on any atom is 0.403 e. The lowest BCUT2D eigenvalue weighted by atomic mass is 10.2. The second-order valence-electron chi connectivity index (χ2n) is 6.68. The summed E-state index contributed by atoms with van der Waals surface area (Å²) in [6.45, 7) is 7.60. The van der Waals surface area contributed by atoms with Gasteiger partial charge in [0.15, 0.2) is 5.96 Å². The van der Waals surface area contributed by atoms with Crippen LogP contribution in [0.5, 0.6) is 0 Å². The summed E-state index contributed by atoms with van der Waals surface area (Å²) in [7, 11) is 1.72. The molecule has 0 aromatic carbocycles. The normalized spacial score (nSPS) is 28.4. The van der Waals surface area contributed by atoms with Crippen molar-refractivity contribution in [3.8, 4) is 0 Å². The van der Waals surface area contributed by atoms with Crippen LogP contribution in [0.1, 0.15) is 27.2 Å². The number of nitrogens with zero attached hydrogens (tertiary/aromatic N) is 3. The third-order valence-electron chi connectivity index (χ3n) is 4.66. The summed E-state index contributed by atoms with van der Waals surface area (Å²) in [5.41, 5.74) is 0.294. The van der Waals surface area contributed by atoms with Gasteiger partial charge in [0.2, 0.25) is 0 Å². The average molecular weight is 306 g/mol. The van der Waals surface area contributed by atoms with Crippen LogP contribution in [0.15, 0.2) is 4.99 Å². The maximum absolute atomic E-state index is 12.7. The van der Waals surface area contributed by atoms with E-state index in [1.165, 1.54) is 11.8 Å². The monoisotopic (exact) mass is 306 g/mol. The van der Waals surface area contributed by atoms with Crippen molar-refractivity contribution >= 4 is 5.96 Å². The van der Waals surface area contributed by atoms with E-state index in [1.54, 1.807) is 7.05 Å². The molecule has 2 unspecified atom stereocenters. The molecule has 0 amide bonds. The Morgan fingerprint density at radius 2 is 1.76 bits per heavy atom. The molecule has 1 aliphatic carbocycles. The Morgan fingerprint density at radius 1 is 1.24 bits per heavy atom. The zero-order valence-corrected chi connectivity index (χ0v) is 13.2. The quantitative estimate of drug-likeness (QED) is 0.625. The molecule has 21 heavy (non-hydrogen) atoms. The van der Waals surface area contributed by atoms with Crippen LogP contribution in [-0.4, -0.2) is 67.2 Å². The largest absolute Gasteiger partial charge is 0.403 e. The fourth-order valence-corrected chi connectivity index (χ4v) is 2.69. The molecular formula is C14H25F3N4. The lowest BCUT2D eigenvalue weighted by molar-refractivity contribution is -0.181. The van der Waals surface area contributed by atoms with Crippen LogP contribution in [0.25, 0.3) is 0 Å². The smallest absolute Gasteiger partial charge is 0.353 e. The van der Waals surface area contributed by atoms with Crippen molar-refractivity contribution in [2.75, 3.05) is 33.2 Å². The first-order valence-corrected chi connectivity index (χ1v) is 7.44. The molecule has 0 aromatic heterocycles. The second kappa shape index (κ2) is 5.66. The van der Waals surface area contributed by atoms with E-state index in [-0.39, 0.29) is 0 Å². The summed E-state index contributed by atoms with van der Waals surface area (Å²) < 4.78 is 38.2. The van der Waals surface area contributed by atoms with Gasteiger partial charge in [0.25, 0.3) is 0 Å². The standard InChI is InChI=1S/C14H25F3N4/c1-10(14(15,16)17)20-5-7-21(8-6-20)12(18-4)19-11-9-13(11,2)3/h10-11H,5-9H2,1-4H3,(H,18,19). The minimum absolute atomic E-state index is 0.294. The molecule has 7 heteroatoms. The van der Waals surface area contributed by atoms with Gasteiger partial charge in [-0.25, -0.2) is 0 Å². The molecule has 0 aromatic rings.